The molecule has 8 nitrogen and oxygen atoms in total. The van der Waals surface area contributed by atoms with Crippen LogP contribution in [-0.4, -0.2) is 30.5 Å². The molecule has 3 aromatic heterocycles. The summed E-state index contributed by atoms with van der Waals surface area (Å²) in [5.74, 6) is 0.703. The van der Waals surface area contributed by atoms with E-state index in [2.05, 4.69) is 25.5 Å². The van der Waals surface area contributed by atoms with Gasteiger partial charge in [0.1, 0.15) is 11.5 Å². The number of nitrogens with zero attached hydrogens (tertiary/aromatic N) is 4. The first-order valence-corrected chi connectivity index (χ1v) is 9.60. The maximum atomic E-state index is 12.6. The van der Waals surface area contributed by atoms with Crippen molar-refractivity contribution in [1.82, 2.24) is 29.9 Å². The fraction of sp³-hybridized carbons (Fsp3) is 0.286. The maximum Gasteiger partial charge on any atom is 0.279 e. The standard InChI is InChI=1S/C21H22N6O2/c1-13(2)19(20-22-14-7-3-4-8-15(14)23-20)24-18(28)11-10-16-21(29)27-12-6-5-9-17(27)26-25-16/h3-9,12-13,19H,10-11H2,1-2H3,(H,22,23)(H,24,28)/t19-/m1/s1. The normalized spacial score (nSPS) is 12.5. The summed E-state index contributed by atoms with van der Waals surface area (Å²) < 4.78 is 1.44. The van der Waals surface area contributed by atoms with Gasteiger partial charge in [-0.05, 0) is 30.2 Å². The van der Waals surface area contributed by atoms with Crippen molar-refractivity contribution in [1.29, 1.82) is 0 Å². The summed E-state index contributed by atoms with van der Waals surface area (Å²) in [5.41, 5.74) is 2.30. The highest BCUT2D eigenvalue weighted by atomic mass is 16.1. The number of carbonyl (C=O) groups excluding carboxylic acids is 1. The van der Waals surface area contributed by atoms with Crippen molar-refractivity contribution in [3.63, 3.8) is 0 Å². The zero-order valence-electron chi connectivity index (χ0n) is 16.3. The summed E-state index contributed by atoms with van der Waals surface area (Å²) in [7, 11) is 0. The van der Waals surface area contributed by atoms with Gasteiger partial charge in [-0.25, -0.2) is 4.98 Å². The Morgan fingerprint density at radius 2 is 1.93 bits per heavy atom. The predicted octanol–water partition coefficient (Wildman–Crippen LogP) is 2.41. The van der Waals surface area contributed by atoms with Crippen molar-refractivity contribution in [3.05, 3.63) is 70.5 Å². The van der Waals surface area contributed by atoms with E-state index in [4.69, 9.17) is 0 Å². The number of rotatable bonds is 6. The maximum absolute atomic E-state index is 12.6. The Kier molecular flexibility index (Phi) is 5.07. The number of amides is 1. The van der Waals surface area contributed by atoms with Crippen LogP contribution in [0, 0.1) is 5.92 Å². The number of fused-ring (bicyclic) bond motifs is 2. The lowest BCUT2D eigenvalue weighted by Gasteiger charge is -2.20. The molecular formula is C21H22N6O2. The third kappa shape index (κ3) is 3.87. The minimum absolute atomic E-state index is 0.144. The van der Waals surface area contributed by atoms with Crippen LogP contribution in [0.5, 0.6) is 0 Å². The molecule has 0 radical (unpaired) electrons. The smallest absolute Gasteiger partial charge is 0.279 e. The summed E-state index contributed by atoms with van der Waals surface area (Å²) in [4.78, 5) is 33.0. The lowest BCUT2D eigenvalue weighted by atomic mass is 10.0. The van der Waals surface area contributed by atoms with E-state index in [0.717, 1.165) is 16.9 Å². The highest BCUT2D eigenvalue weighted by Crippen LogP contribution is 2.22. The molecule has 1 aromatic carbocycles. The van der Waals surface area contributed by atoms with E-state index >= 15 is 0 Å². The average molecular weight is 390 g/mol. The number of H-pyrrole nitrogens is 1. The van der Waals surface area contributed by atoms with Gasteiger partial charge >= 0.3 is 0 Å². The highest BCUT2D eigenvalue weighted by molar-refractivity contribution is 5.77. The van der Waals surface area contributed by atoms with E-state index < -0.39 is 0 Å². The third-order valence-corrected chi connectivity index (χ3v) is 4.85. The topological polar surface area (TPSA) is 105 Å². The number of benzene rings is 1. The molecule has 4 rings (SSSR count). The van der Waals surface area contributed by atoms with Gasteiger partial charge < -0.3 is 10.3 Å². The first-order chi connectivity index (χ1) is 14.0. The van der Waals surface area contributed by atoms with Gasteiger partial charge in [0.15, 0.2) is 5.65 Å². The minimum atomic E-state index is -0.251. The number of carbonyl (C=O) groups is 1. The molecule has 0 saturated carbocycles. The van der Waals surface area contributed by atoms with E-state index in [1.165, 1.54) is 4.40 Å². The Balaban J connectivity index is 1.48. The molecular weight excluding hydrogens is 368 g/mol. The van der Waals surface area contributed by atoms with Gasteiger partial charge in [-0.15, -0.1) is 10.2 Å². The second-order valence-electron chi connectivity index (χ2n) is 7.31. The predicted molar refractivity (Wildman–Crippen MR) is 109 cm³/mol. The highest BCUT2D eigenvalue weighted by Gasteiger charge is 2.22. The van der Waals surface area contributed by atoms with Crippen LogP contribution in [-0.2, 0) is 11.2 Å². The number of aryl methyl sites for hydroxylation is 1. The van der Waals surface area contributed by atoms with Gasteiger partial charge in [0.2, 0.25) is 5.91 Å². The summed E-state index contributed by atoms with van der Waals surface area (Å²) in [5, 5.41) is 11.1. The van der Waals surface area contributed by atoms with Crippen LogP contribution < -0.4 is 10.9 Å². The number of aromatic amines is 1. The van der Waals surface area contributed by atoms with Crippen LogP contribution in [0.1, 0.15) is 37.8 Å². The molecule has 148 valence electrons. The molecule has 0 fully saturated rings. The zero-order chi connectivity index (χ0) is 20.4. The van der Waals surface area contributed by atoms with Crippen LogP contribution in [0.3, 0.4) is 0 Å². The molecule has 0 bridgehead atoms. The van der Waals surface area contributed by atoms with E-state index in [1.807, 2.05) is 38.1 Å². The average Bonchev–Trinajstić information content (AvgIpc) is 3.15. The van der Waals surface area contributed by atoms with Crippen LogP contribution in [0.4, 0.5) is 0 Å². The molecule has 0 unspecified atom stereocenters. The second kappa shape index (κ2) is 7.83. The summed E-state index contributed by atoms with van der Waals surface area (Å²) in [6.07, 6.45) is 2.01. The molecule has 3 heterocycles. The monoisotopic (exact) mass is 390 g/mol. The van der Waals surface area contributed by atoms with Gasteiger partial charge in [-0.2, -0.15) is 0 Å². The molecule has 0 spiro atoms. The minimum Gasteiger partial charge on any atom is -0.346 e. The fourth-order valence-electron chi connectivity index (χ4n) is 3.29. The van der Waals surface area contributed by atoms with E-state index in [9.17, 15) is 9.59 Å². The number of imidazole rings is 1. The number of pyridine rings is 1. The Hall–Kier alpha value is -3.55. The van der Waals surface area contributed by atoms with Gasteiger partial charge in [-0.3, -0.25) is 14.0 Å². The van der Waals surface area contributed by atoms with Crippen molar-refractivity contribution in [2.45, 2.75) is 32.7 Å². The fourth-order valence-corrected chi connectivity index (χ4v) is 3.29. The lowest BCUT2D eigenvalue weighted by Crippen LogP contribution is -2.33. The zero-order valence-corrected chi connectivity index (χ0v) is 16.3. The molecule has 2 N–H and O–H groups in total. The molecule has 4 aromatic rings. The number of hydrogen-bond acceptors (Lipinski definition) is 5. The van der Waals surface area contributed by atoms with Crippen molar-refractivity contribution < 1.29 is 4.79 Å². The Labute approximate surface area is 167 Å². The molecule has 1 amide bonds. The molecule has 8 heteroatoms. The quantitative estimate of drug-likeness (QED) is 0.526. The second-order valence-corrected chi connectivity index (χ2v) is 7.31. The number of nitrogens with one attached hydrogen (secondary N) is 2. The molecule has 29 heavy (non-hydrogen) atoms. The molecule has 0 aliphatic carbocycles. The Bertz CT molecular complexity index is 1190. The largest absolute Gasteiger partial charge is 0.346 e. The molecule has 0 saturated heterocycles. The Morgan fingerprint density at radius 3 is 2.72 bits per heavy atom. The third-order valence-electron chi connectivity index (χ3n) is 4.85. The van der Waals surface area contributed by atoms with E-state index in [-0.39, 0.29) is 42.0 Å². The van der Waals surface area contributed by atoms with Crippen LogP contribution in [0.25, 0.3) is 16.7 Å². The van der Waals surface area contributed by atoms with Crippen LogP contribution in [0.15, 0.2) is 53.5 Å². The van der Waals surface area contributed by atoms with Crippen molar-refractivity contribution >= 4 is 22.6 Å². The molecule has 1 atom stereocenters. The van der Waals surface area contributed by atoms with Gasteiger partial charge in [0, 0.05) is 19.0 Å². The van der Waals surface area contributed by atoms with Crippen molar-refractivity contribution in [3.8, 4) is 0 Å². The number of aromatic nitrogens is 5. The van der Waals surface area contributed by atoms with E-state index in [1.54, 1.807) is 24.4 Å². The van der Waals surface area contributed by atoms with Gasteiger partial charge in [0.25, 0.3) is 5.56 Å². The SMILES string of the molecule is CC(C)[C@@H](NC(=O)CCc1nnc2ccccn2c1=O)c1nc2ccccc2[nH]1. The number of hydrogen-bond donors (Lipinski definition) is 2. The van der Waals surface area contributed by atoms with Crippen LogP contribution in [0.2, 0.25) is 0 Å². The molecule has 0 aliphatic rings. The molecule has 0 aliphatic heterocycles. The first kappa shape index (κ1) is 18.8. The summed E-state index contributed by atoms with van der Waals surface area (Å²) in [6.45, 7) is 4.05. The summed E-state index contributed by atoms with van der Waals surface area (Å²) in [6, 6.07) is 12.8. The van der Waals surface area contributed by atoms with Crippen molar-refractivity contribution in [2.24, 2.45) is 5.92 Å². The van der Waals surface area contributed by atoms with Crippen LogP contribution >= 0.6 is 0 Å². The first-order valence-electron chi connectivity index (χ1n) is 9.60. The van der Waals surface area contributed by atoms with Crippen molar-refractivity contribution in [2.75, 3.05) is 0 Å². The van der Waals surface area contributed by atoms with Gasteiger partial charge in [-0.1, -0.05) is 32.0 Å². The van der Waals surface area contributed by atoms with E-state index in [0.29, 0.717) is 5.65 Å². The number of para-hydroxylation sites is 2. The van der Waals surface area contributed by atoms with Gasteiger partial charge in [0.05, 0.1) is 17.1 Å². The lowest BCUT2D eigenvalue weighted by molar-refractivity contribution is -0.122. The summed E-state index contributed by atoms with van der Waals surface area (Å²) >= 11 is 0. The Morgan fingerprint density at radius 1 is 1.14 bits per heavy atom.